The van der Waals surface area contributed by atoms with E-state index in [0.29, 0.717) is 6.04 Å². The molecule has 11 aromatic rings. The predicted octanol–water partition coefficient (Wildman–Crippen LogP) is 11.8. The molecule has 0 amide bonds. The summed E-state index contributed by atoms with van der Waals surface area (Å²) in [5.41, 5.74) is 16.2. The summed E-state index contributed by atoms with van der Waals surface area (Å²) in [4.78, 5) is 2.48. The van der Waals surface area contributed by atoms with E-state index in [9.17, 15) is 0 Å². The summed E-state index contributed by atoms with van der Waals surface area (Å²) in [5, 5.41) is 11.1. The Balaban J connectivity index is 0.939. The van der Waals surface area contributed by atoms with Gasteiger partial charge in [-0.2, -0.15) is 0 Å². The second-order valence-electron chi connectivity index (χ2n) is 20.3. The number of anilines is 3. The number of fused-ring (bicyclic) bond motifs is 9. The van der Waals surface area contributed by atoms with Crippen LogP contribution in [0.2, 0.25) is 0 Å². The van der Waals surface area contributed by atoms with Gasteiger partial charge in [0.25, 0.3) is 0 Å². The molecule has 340 valence electrons. The van der Waals surface area contributed by atoms with Crippen molar-refractivity contribution >= 4 is 74.7 Å². The van der Waals surface area contributed by atoms with E-state index < -0.39 is 16.1 Å². The first kappa shape index (κ1) is 41.4. The van der Waals surface area contributed by atoms with Crippen molar-refractivity contribution in [1.82, 2.24) is 0 Å². The van der Waals surface area contributed by atoms with Gasteiger partial charge in [-0.05, 0) is 134 Å². The fourth-order valence-electron chi connectivity index (χ4n) is 13.3. The molecule has 2 aliphatic heterocycles. The lowest BCUT2D eigenvalue weighted by atomic mass is 9.82. The number of hydrogen-bond acceptors (Lipinski definition) is 1. The second kappa shape index (κ2) is 16.4. The molecule has 72 heavy (non-hydrogen) atoms. The van der Waals surface area contributed by atoms with Gasteiger partial charge < -0.3 is 4.90 Å². The zero-order valence-corrected chi connectivity index (χ0v) is 42.4. The summed E-state index contributed by atoms with van der Waals surface area (Å²) in [6.45, 7) is 4.74. The van der Waals surface area contributed by atoms with Crippen molar-refractivity contribution in [1.29, 1.82) is 0 Å². The average Bonchev–Trinajstić information content (AvgIpc) is 4.02. The lowest BCUT2D eigenvalue weighted by molar-refractivity contribution is 0.660. The minimum Gasteiger partial charge on any atom is -0.310 e. The van der Waals surface area contributed by atoms with Crippen LogP contribution < -0.4 is 46.4 Å². The molecule has 0 radical (unpaired) electrons. The highest BCUT2D eigenvalue weighted by molar-refractivity contribution is 7.23. The molecule has 0 aromatic heterocycles. The first-order valence-electron chi connectivity index (χ1n) is 25.7. The zero-order chi connectivity index (χ0) is 48.9. The molecule has 11 aromatic carbocycles. The van der Waals surface area contributed by atoms with Crippen LogP contribution in [0.4, 0.5) is 17.1 Å². The van der Waals surface area contributed by atoms with Gasteiger partial charge in [0.05, 0.1) is 1.37 Å². The highest BCUT2D eigenvalue weighted by atomic mass is 28.3. The fraction of sp³-hybridized carbons (Fsp3) is 0.0435. The molecular weight excluding hydrogens is 899 g/mol. The molecule has 0 N–H and O–H groups in total. The minimum absolute atomic E-state index is 0.163. The van der Waals surface area contributed by atoms with Crippen LogP contribution in [0.5, 0.6) is 0 Å². The van der Waals surface area contributed by atoms with E-state index in [1.165, 1.54) is 97.1 Å². The number of benzene rings is 11. The third-order valence-electron chi connectivity index (χ3n) is 16.4. The molecule has 3 aliphatic rings. The van der Waals surface area contributed by atoms with Gasteiger partial charge in [-0.25, -0.2) is 0 Å². The highest BCUT2D eigenvalue weighted by Crippen LogP contribution is 2.50. The van der Waals surface area contributed by atoms with Crippen LogP contribution in [-0.4, -0.2) is 16.1 Å². The summed E-state index contributed by atoms with van der Waals surface area (Å²) in [6, 6.07) is 101. The first-order valence-corrected chi connectivity index (χ1v) is 29.2. The molecule has 0 saturated carbocycles. The Kier molecular flexibility index (Phi) is 9.42. The van der Waals surface area contributed by atoms with Gasteiger partial charge in [-0.3, -0.25) is 0 Å². The van der Waals surface area contributed by atoms with Crippen molar-refractivity contribution < 1.29 is 1.37 Å². The fourth-order valence-corrected chi connectivity index (χ4v) is 23.7. The molecule has 14 rings (SSSR count). The Morgan fingerprint density at radius 2 is 0.736 bits per heavy atom. The summed E-state index contributed by atoms with van der Waals surface area (Å²) in [6.07, 6.45) is 0. The lowest BCUT2D eigenvalue weighted by Gasteiger charge is -2.33. The minimum atomic E-state index is -2.86. The monoisotopic (exact) mass is 950 g/mol. The van der Waals surface area contributed by atoms with E-state index in [2.05, 4.69) is 274 Å². The van der Waals surface area contributed by atoms with Gasteiger partial charge in [0.2, 0.25) is 0 Å². The van der Waals surface area contributed by atoms with E-state index in [1.54, 1.807) is 0 Å². The van der Waals surface area contributed by atoms with Crippen LogP contribution in [0.25, 0.3) is 44.5 Å². The molecule has 1 nitrogen and oxygen atoms in total. The maximum Gasteiger partial charge on any atom is 0.180 e. The maximum atomic E-state index is 8.55. The molecule has 2 heterocycles. The molecule has 3 heteroatoms. The van der Waals surface area contributed by atoms with Gasteiger partial charge in [0.1, 0.15) is 0 Å². The number of hydrogen-bond donors (Lipinski definition) is 0. The van der Waals surface area contributed by atoms with Gasteiger partial charge in [-0.15, -0.1) is 0 Å². The quantitative estimate of drug-likeness (QED) is 0.137. The van der Waals surface area contributed by atoms with E-state index in [0.717, 1.165) is 17.1 Å². The van der Waals surface area contributed by atoms with Gasteiger partial charge >= 0.3 is 0 Å². The van der Waals surface area contributed by atoms with Gasteiger partial charge in [-0.1, -0.05) is 250 Å². The van der Waals surface area contributed by atoms with Crippen molar-refractivity contribution in [2.45, 2.75) is 19.3 Å². The molecule has 0 fully saturated rings. The van der Waals surface area contributed by atoms with Crippen LogP contribution in [-0.2, 0) is 5.41 Å². The molecule has 0 saturated heterocycles. The average molecular weight is 951 g/mol. The van der Waals surface area contributed by atoms with Crippen LogP contribution in [0.15, 0.2) is 273 Å². The van der Waals surface area contributed by atoms with Crippen molar-refractivity contribution in [2.75, 3.05) is 4.90 Å². The summed E-state index contributed by atoms with van der Waals surface area (Å²) in [7, 11) is -5.52. The van der Waals surface area contributed by atoms with E-state index in [1.807, 2.05) is 12.1 Å². The van der Waals surface area contributed by atoms with Crippen molar-refractivity contribution in [3.8, 4) is 44.5 Å². The molecule has 0 unspecified atom stereocenters. The Labute approximate surface area is 426 Å². The van der Waals surface area contributed by atoms with Crippen molar-refractivity contribution in [3.63, 3.8) is 0 Å². The number of rotatable bonds is 8. The Bertz CT molecular complexity index is 3880. The summed E-state index contributed by atoms with van der Waals surface area (Å²) < 4.78 is 8.55. The molecular formula is C69H51NSi2. The molecule has 0 spiro atoms. The number of nitrogens with zero attached hydrogens (tertiary/aromatic N) is 1. The molecule has 0 bridgehead atoms. The second-order valence-corrected chi connectivity index (χ2v) is 27.7. The van der Waals surface area contributed by atoms with Crippen LogP contribution in [0.1, 0.15) is 26.3 Å². The Morgan fingerprint density at radius 1 is 0.306 bits per heavy atom. The van der Waals surface area contributed by atoms with E-state index in [-0.39, 0.29) is 5.41 Å². The van der Waals surface area contributed by atoms with E-state index >= 15 is 0 Å². The van der Waals surface area contributed by atoms with Gasteiger partial charge in [0.15, 0.2) is 16.1 Å². The smallest absolute Gasteiger partial charge is 0.180 e. The highest BCUT2D eigenvalue weighted by Gasteiger charge is 2.50. The van der Waals surface area contributed by atoms with Crippen molar-refractivity contribution in [3.05, 3.63) is 284 Å². The van der Waals surface area contributed by atoms with Crippen LogP contribution >= 0.6 is 0 Å². The summed E-state index contributed by atoms with van der Waals surface area (Å²) >= 11 is 0. The zero-order valence-electron chi connectivity index (χ0n) is 41.4. The summed E-state index contributed by atoms with van der Waals surface area (Å²) in [5.74, 6) is 0. The third-order valence-corrected chi connectivity index (χ3v) is 26.1. The van der Waals surface area contributed by atoms with Crippen molar-refractivity contribution in [2.24, 2.45) is 0 Å². The predicted molar refractivity (Wildman–Crippen MR) is 309 cm³/mol. The Morgan fingerprint density at radius 3 is 1.32 bits per heavy atom. The molecule has 0 atom stereocenters. The molecule has 1 aliphatic carbocycles. The maximum absolute atomic E-state index is 8.55. The van der Waals surface area contributed by atoms with Crippen LogP contribution in [0.3, 0.4) is 0 Å². The topological polar surface area (TPSA) is 3.24 Å². The SMILES string of the molecule is [2H]c1ccc([Si]2(c3cccc(N(c4ccc(-c5cccc([Si]6(c7ccccc7)c7ccccc7-c7ccccc76)c5)cc4)c4ccc5c(c4)C(C)(C)c4ccccc4-5)c3)c3ccccc3-c3ccccc32)cc1. The van der Waals surface area contributed by atoms with Gasteiger partial charge in [0, 0.05) is 22.5 Å². The standard InChI is InChI=1S/C69H51NSi2/c1-69(2)63-34-14-9-29-57(63)58-44-43-52(47-64(58)69)70(51-22-20-28-56(46-51)72(54-25-7-4-8-26-54)67-37-17-12-32-61(67)62-33-13-18-38-68(62)72)50-41-39-48(40-42-50)49-21-19-27-55(45-49)71(53-23-5-3-6-24-53)65-35-15-10-30-59(65)60-31-11-16-36-66(60)71/h3-47H,1-2H3/i4D. The Hall–Kier alpha value is -8.35. The van der Waals surface area contributed by atoms with Crippen LogP contribution in [0, 0.1) is 0 Å². The first-order chi connectivity index (χ1) is 35.9. The van der Waals surface area contributed by atoms with E-state index in [4.69, 9.17) is 1.37 Å². The largest absolute Gasteiger partial charge is 0.310 e. The lowest BCUT2D eigenvalue weighted by Crippen LogP contribution is -2.72. The normalized spacial score (nSPS) is 14.8. The third kappa shape index (κ3) is 6.05.